The summed E-state index contributed by atoms with van der Waals surface area (Å²) in [4.78, 5) is 33.7. The summed E-state index contributed by atoms with van der Waals surface area (Å²) in [6.07, 6.45) is 4.25. The number of rotatable bonds is 11. The molecule has 0 unspecified atom stereocenters. The SMILES string of the molecule is C=CCC=CCC(=O)OCC(C)(C)[C@@H](O)C(=O)NCCC(=O)O. The number of allylic oxidation sites excluding steroid dienone is 2. The molecular weight excluding hydrogens is 302 g/mol. The fraction of sp³-hybridized carbons (Fsp3) is 0.562. The van der Waals surface area contributed by atoms with E-state index in [1.807, 2.05) is 0 Å². The van der Waals surface area contributed by atoms with Gasteiger partial charge in [-0.2, -0.15) is 0 Å². The number of carboxylic acid groups (broad SMARTS) is 1. The molecule has 0 aromatic heterocycles. The Morgan fingerprint density at radius 2 is 1.96 bits per heavy atom. The molecule has 0 aromatic carbocycles. The molecule has 0 spiro atoms. The average Bonchev–Trinajstić information content (AvgIpc) is 2.48. The van der Waals surface area contributed by atoms with E-state index >= 15 is 0 Å². The van der Waals surface area contributed by atoms with Crippen LogP contribution >= 0.6 is 0 Å². The first kappa shape index (κ1) is 20.9. The molecule has 3 N–H and O–H groups in total. The van der Waals surface area contributed by atoms with Crippen LogP contribution < -0.4 is 5.32 Å². The lowest BCUT2D eigenvalue weighted by atomic mass is 9.87. The third-order valence-corrected chi connectivity index (χ3v) is 2.99. The quantitative estimate of drug-likeness (QED) is 0.386. The molecule has 0 radical (unpaired) electrons. The zero-order valence-electron chi connectivity index (χ0n) is 13.6. The summed E-state index contributed by atoms with van der Waals surface area (Å²) in [6, 6.07) is 0. The number of hydrogen-bond acceptors (Lipinski definition) is 5. The number of nitrogens with one attached hydrogen (secondary N) is 1. The molecule has 0 fully saturated rings. The summed E-state index contributed by atoms with van der Waals surface area (Å²) in [5, 5.41) is 20.8. The van der Waals surface area contributed by atoms with Crippen molar-refractivity contribution < 1.29 is 29.3 Å². The van der Waals surface area contributed by atoms with Crippen molar-refractivity contribution in [3.05, 3.63) is 24.8 Å². The van der Waals surface area contributed by atoms with Gasteiger partial charge in [0.05, 0.1) is 19.4 Å². The maximum absolute atomic E-state index is 11.7. The standard InChI is InChI=1S/C16H25NO6/c1-4-5-6-7-8-13(20)23-11-16(2,3)14(21)15(22)17-10-9-12(18)19/h4,6-7,14,21H,1,5,8-11H2,2-3H3,(H,17,22)(H,18,19)/t14-/m0/s1. The van der Waals surface area contributed by atoms with Gasteiger partial charge in [-0.3, -0.25) is 14.4 Å². The van der Waals surface area contributed by atoms with E-state index in [1.54, 1.807) is 32.1 Å². The molecule has 1 amide bonds. The lowest BCUT2D eigenvalue weighted by Crippen LogP contribution is -2.46. The van der Waals surface area contributed by atoms with Crippen molar-refractivity contribution in [1.82, 2.24) is 5.32 Å². The molecule has 0 saturated carbocycles. The van der Waals surface area contributed by atoms with Gasteiger partial charge in [0.2, 0.25) is 5.91 Å². The van der Waals surface area contributed by atoms with Crippen LogP contribution in [0.4, 0.5) is 0 Å². The second kappa shape index (κ2) is 10.6. The predicted octanol–water partition coefficient (Wildman–Crippen LogP) is 1.03. The number of ether oxygens (including phenoxy) is 1. The van der Waals surface area contributed by atoms with E-state index in [0.29, 0.717) is 6.42 Å². The van der Waals surface area contributed by atoms with E-state index in [1.165, 1.54) is 0 Å². The minimum Gasteiger partial charge on any atom is -0.481 e. The summed E-state index contributed by atoms with van der Waals surface area (Å²) in [7, 11) is 0. The molecular formula is C16H25NO6. The van der Waals surface area contributed by atoms with Crippen LogP contribution in [0, 0.1) is 5.41 Å². The first-order valence-corrected chi connectivity index (χ1v) is 7.29. The number of amides is 1. The van der Waals surface area contributed by atoms with Crippen LogP contribution in [-0.4, -0.2) is 47.3 Å². The average molecular weight is 327 g/mol. The molecule has 7 nitrogen and oxygen atoms in total. The number of carbonyl (C=O) groups is 3. The van der Waals surface area contributed by atoms with Crippen LogP contribution in [0.3, 0.4) is 0 Å². The minimum absolute atomic E-state index is 0.0742. The first-order chi connectivity index (χ1) is 10.7. The van der Waals surface area contributed by atoms with Crippen LogP contribution in [-0.2, 0) is 19.1 Å². The van der Waals surface area contributed by atoms with Crippen LogP contribution in [0.15, 0.2) is 24.8 Å². The molecule has 0 aliphatic rings. The third-order valence-electron chi connectivity index (χ3n) is 2.99. The van der Waals surface area contributed by atoms with Gasteiger partial charge in [0.25, 0.3) is 0 Å². The second-order valence-corrected chi connectivity index (χ2v) is 5.69. The lowest BCUT2D eigenvalue weighted by molar-refractivity contribution is -0.152. The second-order valence-electron chi connectivity index (χ2n) is 5.69. The zero-order chi connectivity index (χ0) is 17.9. The van der Waals surface area contributed by atoms with Crippen LogP contribution in [0.25, 0.3) is 0 Å². The molecule has 23 heavy (non-hydrogen) atoms. The Labute approximate surface area is 136 Å². The molecule has 0 saturated heterocycles. The molecule has 0 aliphatic heterocycles. The number of aliphatic hydroxyl groups excluding tert-OH is 1. The molecule has 0 heterocycles. The highest BCUT2D eigenvalue weighted by molar-refractivity contribution is 5.82. The van der Waals surface area contributed by atoms with Crippen molar-refractivity contribution in [2.24, 2.45) is 5.41 Å². The van der Waals surface area contributed by atoms with E-state index in [4.69, 9.17) is 9.84 Å². The minimum atomic E-state index is -1.42. The molecule has 0 bridgehead atoms. The largest absolute Gasteiger partial charge is 0.481 e. The highest BCUT2D eigenvalue weighted by Crippen LogP contribution is 2.21. The Morgan fingerprint density at radius 3 is 2.52 bits per heavy atom. The van der Waals surface area contributed by atoms with Crippen molar-refractivity contribution in [2.75, 3.05) is 13.2 Å². The fourth-order valence-corrected chi connectivity index (χ4v) is 1.52. The molecule has 0 aromatic rings. The third kappa shape index (κ3) is 9.46. The van der Waals surface area contributed by atoms with Gasteiger partial charge >= 0.3 is 11.9 Å². The zero-order valence-corrected chi connectivity index (χ0v) is 13.6. The first-order valence-electron chi connectivity index (χ1n) is 7.29. The lowest BCUT2D eigenvalue weighted by Gasteiger charge is -2.28. The van der Waals surface area contributed by atoms with Crippen LogP contribution in [0.2, 0.25) is 0 Å². The predicted molar refractivity (Wildman–Crippen MR) is 84.6 cm³/mol. The Kier molecular flexibility index (Phi) is 9.57. The number of aliphatic carboxylic acids is 1. The van der Waals surface area contributed by atoms with E-state index in [-0.39, 0.29) is 26.0 Å². The van der Waals surface area contributed by atoms with Gasteiger partial charge in [0.15, 0.2) is 0 Å². The Balaban J connectivity index is 4.27. The van der Waals surface area contributed by atoms with Crippen LogP contribution in [0.1, 0.15) is 33.1 Å². The highest BCUT2D eigenvalue weighted by atomic mass is 16.5. The molecule has 0 aliphatic carbocycles. The summed E-state index contributed by atoms with van der Waals surface area (Å²) < 4.78 is 5.05. The Morgan fingerprint density at radius 1 is 1.30 bits per heavy atom. The molecule has 7 heteroatoms. The number of esters is 1. The smallest absolute Gasteiger partial charge is 0.309 e. The van der Waals surface area contributed by atoms with Gasteiger partial charge in [-0.05, 0) is 6.42 Å². The van der Waals surface area contributed by atoms with E-state index < -0.39 is 29.4 Å². The van der Waals surface area contributed by atoms with Crippen molar-refractivity contribution in [2.45, 2.75) is 39.2 Å². The summed E-state index contributed by atoms with van der Waals surface area (Å²) in [6.45, 7) is 6.50. The van der Waals surface area contributed by atoms with Crippen molar-refractivity contribution >= 4 is 17.8 Å². The fourth-order valence-electron chi connectivity index (χ4n) is 1.52. The van der Waals surface area contributed by atoms with Gasteiger partial charge in [0.1, 0.15) is 6.10 Å². The number of carboxylic acids is 1. The number of carbonyl (C=O) groups excluding carboxylic acids is 2. The summed E-state index contributed by atoms with van der Waals surface area (Å²) in [5.41, 5.74) is -0.992. The van der Waals surface area contributed by atoms with Crippen molar-refractivity contribution in [3.63, 3.8) is 0 Å². The van der Waals surface area contributed by atoms with Crippen LogP contribution in [0.5, 0.6) is 0 Å². The Hall–Kier alpha value is -2.15. The van der Waals surface area contributed by atoms with Gasteiger partial charge in [-0.1, -0.05) is 32.1 Å². The van der Waals surface area contributed by atoms with Gasteiger partial charge in [-0.15, -0.1) is 6.58 Å². The number of aliphatic hydroxyl groups is 1. The maximum Gasteiger partial charge on any atom is 0.309 e. The van der Waals surface area contributed by atoms with Crippen molar-refractivity contribution in [1.29, 1.82) is 0 Å². The van der Waals surface area contributed by atoms with E-state index in [2.05, 4.69) is 11.9 Å². The maximum atomic E-state index is 11.7. The van der Waals surface area contributed by atoms with Gasteiger partial charge < -0.3 is 20.3 Å². The Bertz CT molecular complexity index is 455. The summed E-state index contributed by atoms with van der Waals surface area (Å²) >= 11 is 0. The highest BCUT2D eigenvalue weighted by Gasteiger charge is 2.34. The molecule has 1 atom stereocenters. The monoisotopic (exact) mass is 327 g/mol. The topological polar surface area (TPSA) is 113 Å². The number of hydrogen-bond donors (Lipinski definition) is 3. The van der Waals surface area contributed by atoms with E-state index in [0.717, 1.165) is 0 Å². The molecule has 0 rings (SSSR count). The van der Waals surface area contributed by atoms with Gasteiger partial charge in [-0.25, -0.2) is 0 Å². The summed E-state index contributed by atoms with van der Waals surface area (Å²) in [5.74, 6) is -2.20. The van der Waals surface area contributed by atoms with Crippen molar-refractivity contribution in [3.8, 4) is 0 Å². The normalized spacial score (nSPS) is 12.7. The van der Waals surface area contributed by atoms with Gasteiger partial charge in [0, 0.05) is 12.0 Å². The molecule has 130 valence electrons. The van der Waals surface area contributed by atoms with E-state index in [9.17, 15) is 19.5 Å².